The minimum absolute atomic E-state index is 0.131. The molecule has 1 aromatic carbocycles. The van der Waals surface area contributed by atoms with Crippen molar-refractivity contribution < 1.29 is 18.8 Å². The Morgan fingerprint density at radius 3 is 3.00 bits per heavy atom. The van der Waals surface area contributed by atoms with Gasteiger partial charge in [-0.2, -0.15) is 0 Å². The van der Waals surface area contributed by atoms with Crippen molar-refractivity contribution in [3.63, 3.8) is 0 Å². The zero-order chi connectivity index (χ0) is 17.3. The third-order valence-electron chi connectivity index (χ3n) is 6.54. The second-order valence-electron chi connectivity index (χ2n) is 7.61. The van der Waals surface area contributed by atoms with Crippen LogP contribution >= 0.6 is 9.47 Å². The largest absolute Gasteiger partial charge is 0.481 e. The molecule has 2 heterocycles. The highest BCUT2D eigenvalue weighted by atomic mass is 31.0. The Bertz CT molecular complexity index is 794. The van der Waals surface area contributed by atoms with Gasteiger partial charge >= 0.3 is 5.97 Å². The van der Waals surface area contributed by atoms with Gasteiger partial charge in [-0.3, -0.25) is 4.79 Å². The minimum Gasteiger partial charge on any atom is -0.481 e. The van der Waals surface area contributed by atoms with E-state index in [2.05, 4.69) is 33.6 Å². The van der Waals surface area contributed by atoms with Gasteiger partial charge in [0, 0.05) is 29.9 Å². The van der Waals surface area contributed by atoms with Crippen LogP contribution in [0.15, 0.2) is 24.3 Å². The molecule has 0 amide bonds. The smallest absolute Gasteiger partial charge is 0.303 e. The third kappa shape index (κ3) is 1.89. The van der Waals surface area contributed by atoms with Crippen LogP contribution in [-0.4, -0.2) is 42.7 Å². The summed E-state index contributed by atoms with van der Waals surface area (Å²) >= 11 is 0. The van der Waals surface area contributed by atoms with Crippen LogP contribution in [0.4, 0.5) is 0 Å². The molecule has 2 aliphatic heterocycles. The van der Waals surface area contributed by atoms with Gasteiger partial charge in [0.15, 0.2) is 17.6 Å². The van der Waals surface area contributed by atoms with E-state index in [-0.39, 0.29) is 23.6 Å². The van der Waals surface area contributed by atoms with E-state index in [1.54, 1.807) is 0 Å². The number of benzene rings is 1. The number of likely N-dealkylation sites (N-methyl/N-ethyl adjacent to an activating group) is 1. The highest BCUT2D eigenvalue weighted by Crippen LogP contribution is 2.62. The van der Waals surface area contributed by atoms with Gasteiger partial charge in [0.05, 0.1) is 9.47 Å². The van der Waals surface area contributed by atoms with Gasteiger partial charge in [0.25, 0.3) is 0 Å². The monoisotopic (exact) mass is 359 g/mol. The molecule has 6 atom stereocenters. The number of esters is 1. The summed E-state index contributed by atoms with van der Waals surface area (Å²) in [5.74, 6) is 1.68. The summed E-state index contributed by atoms with van der Waals surface area (Å²) in [7, 11) is 4.52. The first kappa shape index (κ1) is 15.7. The highest BCUT2D eigenvalue weighted by Gasteiger charge is 2.65. The maximum atomic E-state index is 11.6. The van der Waals surface area contributed by atoms with Crippen molar-refractivity contribution in [1.82, 2.24) is 4.90 Å². The zero-order valence-corrected chi connectivity index (χ0v) is 15.6. The van der Waals surface area contributed by atoms with E-state index in [0.29, 0.717) is 12.0 Å². The number of piperidine rings is 1. The molecular weight excluding hydrogens is 337 g/mol. The molecule has 6 heteroatoms. The molecule has 2 bridgehead atoms. The first-order valence-corrected chi connectivity index (χ1v) is 9.29. The number of rotatable bonds is 2. The highest BCUT2D eigenvalue weighted by molar-refractivity contribution is 7.10. The fourth-order valence-corrected chi connectivity index (χ4v) is 5.78. The van der Waals surface area contributed by atoms with E-state index in [0.717, 1.165) is 30.9 Å². The number of likely N-dealkylation sites (tertiary alicyclic amines) is 1. The van der Waals surface area contributed by atoms with Crippen molar-refractivity contribution in [1.29, 1.82) is 0 Å². The number of carbonyl (C=O) groups excluding carboxylic acids is 1. The lowest BCUT2D eigenvalue weighted by molar-refractivity contribution is -0.152. The van der Waals surface area contributed by atoms with Crippen molar-refractivity contribution in [3.05, 3.63) is 35.4 Å². The molecular formula is C19H22NO4P. The van der Waals surface area contributed by atoms with Crippen LogP contribution in [0.5, 0.6) is 11.5 Å². The Morgan fingerprint density at radius 2 is 2.24 bits per heavy atom. The molecule has 5 nitrogen and oxygen atoms in total. The Kier molecular flexibility index (Phi) is 3.27. The molecule has 5 rings (SSSR count). The summed E-state index contributed by atoms with van der Waals surface area (Å²) in [6.45, 7) is 2.48. The van der Waals surface area contributed by atoms with Gasteiger partial charge in [-0.25, -0.2) is 0 Å². The molecule has 25 heavy (non-hydrogen) atoms. The lowest BCUT2D eigenvalue weighted by Gasteiger charge is -2.56. The summed E-state index contributed by atoms with van der Waals surface area (Å²) in [4.78, 5) is 14.1. The van der Waals surface area contributed by atoms with Crippen LogP contribution in [0.25, 0.3) is 0 Å². The molecule has 132 valence electrons. The van der Waals surface area contributed by atoms with Crippen LogP contribution in [0.2, 0.25) is 0 Å². The predicted octanol–water partition coefficient (Wildman–Crippen LogP) is 2.23. The first-order valence-electron chi connectivity index (χ1n) is 8.82. The van der Waals surface area contributed by atoms with Crippen molar-refractivity contribution in [2.75, 3.05) is 13.6 Å². The van der Waals surface area contributed by atoms with Crippen molar-refractivity contribution in [2.24, 2.45) is 5.92 Å². The Hall–Kier alpha value is -1.58. The SMILES string of the molecule is CC(=O)O[C@H]1C=CC2[C@H]3Cc4ccc(OP)c5c4[C@@]2(CCN3C)[C@H]1O5. The molecule has 0 N–H and O–H groups in total. The number of hydrogen-bond donors (Lipinski definition) is 0. The second-order valence-corrected chi connectivity index (χ2v) is 7.85. The van der Waals surface area contributed by atoms with Crippen LogP contribution in [0.3, 0.4) is 0 Å². The molecule has 2 unspecified atom stereocenters. The fraction of sp³-hybridized carbons (Fsp3) is 0.526. The number of carbonyl (C=O) groups is 1. The molecule has 2 aliphatic carbocycles. The van der Waals surface area contributed by atoms with Crippen molar-refractivity contribution in [2.45, 2.75) is 43.4 Å². The molecule has 1 fully saturated rings. The van der Waals surface area contributed by atoms with Crippen molar-refractivity contribution in [3.8, 4) is 11.5 Å². The summed E-state index contributed by atoms with van der Waals surface area (Å²) in [5.41, 5.74) is 2.50. The molecule has 0 saturated carbocycles. The lowest BCUT2D eigenvalue weighted by Crippen LogP contribution is -2.65. The Balaban J connectivity index is 1.74. The maximum absolute atomic E-state index is 11.6. The van der Waals surface area contributed by atoms with Gasteiger partial charge < -0.3 is 18.9 Å². The topological polar surface area (TPSA) is 48.0 Å². The Morgan fingerprint density at radius 1 is 1.40 bits per heavy atom. The van der Waals surface area contributed by atoms with Gasteiger partial charge in [-0.05, 0) is 44.1 Å². The first-order chi connectivity index (χ1) is 12.1. The van der Waals surface area contributed by atoms with E-state index in [1.807, 2.05) is 12.1 Å². The van der Waals surface area contributed by atoms with Gasteiger partial charge in [-0.1, -0.05) is 12.1 Å². The minimum atomic E-state index is -0.353. The summed E-state index contributed by atoms with van der Waals surface area (Å²) in [6.07, 6.45) is 5.77. The van der Waals surface area contributed by atoms with Crippen molar-refractivity contribution >= 4 is 15.4 Å². The van der Waals surface area contributed by atoms with Crippen LogP contribution in [0, 0.1) is 5.92 Å². The van der Waals surface area contributed by atoms with Gasteiger partial charge in [0.2, 0.25) is 0 Å². The van der Waals surface area contributed by atoms with Gasteiger partial charge in [-0.15, -0.1) is 0 Å². The van der Waals surface area contributed by atoms with E-state index in [9.17, 15) is 4.79 Å². The van der Waals surface area contributed by atoms with Crippen LogP contribution in [-0.2, 0) is 21.4 Å². The normalized spacial score (nSPS) is 37.2. The van der Waals surface area contributed by atoms with E-state index >= 15 is 0 Å². The van der Waals surface area contributed by atoms with Gasteiger partial charge in [0.1, 0.15) is 6.10 Å². The lowest BCUT2D eigenvalue weighted by atomic mass is 9.53. The molecule has 1 saturated heterocycles. The summed E-state index contributed by atoms with van der Waals surface area (Å²) < 4.78 is 17.6. The summed E-state index contributed by atoms with van der Waals surface area (Å²) in [6, 6.07) is 4.61. The summed E-state index contributed by atoms with van der Waals surface area (Å²) in [5, 5.41) is 0. The molecule has 4 aliphatic rings. The predicted molar refractivity (Wildman–Crippen MR) is 95.8 cm³/mol. The number of ether oxygens (including phenoxy) is 2. The molecule has 0 aromatic heterocycles. The van der Waals surface area contributed by atoms with E-state index < -0.39 is 0 Å². The molecule has 1 spiro atoms. The van der Waals surface area contributed by atoms with E-state index in [4.69, 9.17) is 14.0 Å². The number of hydrogen-bond acceptors (Lipinski definition) is 5. The molecule has 0 radical (unpaired) electrons. The quantitative estimate of drug-likeness (QED) is 0.460. The zero-order valence-electron chi connectivity index (χ0n) is 14.4. The van der Waals surface area contributed by atoms with Crippen LogP contribution in [0.1, 0.15) is 24.5 Å². The van der Waals surface area contributed by atoms with Crippen LogP contribution < -0.4 is 9.26 Å². The maximum Gasteiger partial charge on any atom is 0.303 e. The second kappa shape index (κ2) is 5.21. The average Bonchev–Trinajstić information content (AvgIpc) is 2.94. The average molecular weight is 359 g/mol. The third-order valence-corrected chi connectivity index (χ3v) is 6.80. The Labute approximate surface area is 149 Å². The molecule has 1 aromatic rings. The van der Waals surface area contributed by atoms with E-state index in [1.165, 1.54) is 18.1 Å². The standard InChI is InChI=1S/C19H22NO4P/c1-10(21)22-15-6-4-12-13-9-11-3-5-14(24-25)17-16(11)19(12,18(15)23-17)7-8-20(13)2/h3-6,12-13,15,18H,7-9,25H2,1-2H3/t12?,13-,15+,18+,19+/m1/s1. The number of nitrogens with zero attached hydrogens (tertiary/aromatic N) is 1. The fourth-order valence-electron chi connectivity index (χ4n) is 5.59.